The Morgan fingerprint density at radius 3 is 0.879 bits per heavy atom. The van der Waals surface area contributed by atoms with Crippen molar-refractivity contribution in [3.8, 4) is 0 Å². The van der Waals surface area contributed by atoms with Crippen molar-refractivity contribution in [1.29, 1.82) is 0 Å². The molecule has 0 aromatic heterocycles. The highest BCUT2D eigenvalue weighted by Crippen LogP contribution is 2.28. The molecule has 38 nitrogen and oxygen atoms in total. The molecule has 0 radical (unpaired) electrons. The van der Waals surface area contributed by atoms with Crippen LogP contribution in [0.2, 0.25) is 0 Å². The van der Waals surface area contributed by atoms with Crippen molar-refractivity contribution in [3.05, 3.63) is 0 Å². The summed E-state index contributed by atoms with van der Waals surface area (Å²) in [6.45, 7) is 2.09. The van der Waals surface area contributed by atoms with Gasteiger partial charge in [0.25, 0.3) is 0 Å². The fraction of sp³-hybridized carbons (Fsp3) is 0.820. The molecule has 3 heterocycles. The second-order valence-corrected chi connectivity index (χ2v) is 24.2. The minimum atomic E-state index is -1.55. The monoisotopic (exact) mass is 1430 g/mol. The molecule has 3 aliphatic heterocycles. The Morgan fingerprint density at radius 1 is 0.343 bits per heavy atom. The predicted octanol–water partition coefficient (Wildman–Crippen LogP) is -8.58. The Morgan fingerprint density at radius 2 is 0.606 bits per heavy atom. The van der Waals surface area contributed by atoms with Gasteiger partial charge in [0.15, 0.2) is 18.9 Å². The third-order valence-corrected chi connectivity index (χ3v) is 16.1. The maximum absolute atomic E-state index is 13.9. The molecule has 38 heteroatoms. The van der Waals surface area contributed by atoms with E-state index in [1.165, 1.54) is 27.9 Å². The molecule has 3 fully saturated rings. The normalized spacial score (nSPS) is 25.7. The molecule has 11 amide bonds. The van der Waals surface area contributed by atoms with Crippen LogP contribution < -0.4 is 58.5 Å². The summed E-state index contributed by atoms with van der Waals surface area (Å²) in [6.07, 6.45) is -17.1. The van der Waals surface area contributed by atoms with Gasteiger partial charge in [0.05, 0.1) is 58.9 Å². The molecule has 0 aliphatic carbocycles. The Balaban J connectivity index is 1.66. The minimum absolute atomic E-state index is 0.00752. The molecule has 0 spiro atoms. The van der Waals surface area contributed by atoms with Gasteiger partial charge < -0.3 is 138 Å². The van der Waals surface area contributed by atoms with Crippen LogP contribution in [-0.2, 0) is 85.9 Å². The Labute approximate surface area is 573 Å². The number of hydrogen-bond donors (Lipinski definition) is 20. The number of ether oxygens (including phenoxy) is 7. The molecule has 3 rings (SSSR count). The van der Waals surface area contributed by atoms with Crippen molar-refractivity contribution < 1.29 is 132 Å². The molecule has 15 atom stereocenters. The molecule has 0 saturated carbocycles. The molecule has 0 aromatic carbocycles. The maximum Gasteiger partial charge on any atom is 0.222 e. The van der Waals surface area contributed by atoms with E-state index in [9.17, 15) is 98.7 Å². The van der Waals surface area contributed by atoms with E-state index >= 15 is 0 Å². The largest absolute Gasteiger partial charge is 0.394 e. The van der Waals surface area contributed by atoms with Crippen LogP contribution in [0.25, 0.3) is 0 Å². The highest BCUT2D eigenvalue weighted by atomic mass is 16.7. The zero-order chi connectivity index (χ0) is 73.5. The number of carbonyl (C=O) groups excluding carboxylic acids is 11. The molecule has 6 unspecified atom stereocenters. The number of methoxy groups -OCH3 is 1. The lowest BCUT2D eigenvalue weighted by Gasteiger charge is -2.42. The van der Waals surface area contributed by atoms with Gasteiger partial charge in [-0.15, -0.1) is 0 Å². The maximum atomic E-state index is 13.9. The van der Waals surface area contributed by atoms with Crippen molar-refractivity contribution in [2.45, 2.75) is 221 Å². The second kappa shape index (κ2) is 47.6. The molecule has 3 aliphatic rings. The molecule has 20 N–H and O–H groups in total. The van der Waals surface area contributed by atoms with Crippen molar-refractivity contribution in [3.63, 3.8) is 0 Å². The van der Waals surface area contributed by atoms with Gasteiger partial charge >= 0.3 is 0 Å². The van der Waals surface area contributed by atoms with E-state index in [2.05, 4.69) is 58.5 Å². The molecular weight excluding hydrogens is 1320 g/mol. The van der Waals surface area contributed by atoms with Crippen LogP contribution in [-0.4, -0.2) is 308 Å². The lowest BCUT2D eigenvalue weighted by atomic mass is 9.82. The van der Waals surface area contributed by atoms with Crippen LogP contribution in [0, 0.1) is 0 Å². The van der Waals surface area contributed by atoms with Crippen LogP contribution in [0.15, 0.2) is 0 Å². The van der Waals surface area contributed by atoms with E-state index in [1.807, 2.05) is 0 Å². The van der Waals surface area contributed by atoms with Crippen LogP contribution in [0.1, 0.15) is 124 Å². The summed E-state index contributed by atoms with van der Waals surface area (Å²) in [5, 5.41) is 120. The van der Waals surface area contributed by atoms with Crippen molar-refractivity contribution in [1.82, 2.24) is 58.5 Å². The Hall–Kier alpha value is -6.47. The van der Waals surface area contributed by atoms with Gasteiger partial charge in [-0.05, 0) is 51.4 Å². The molecule has 3 saturated heterocycles. The Kier molecular flexibility index (Phi) is 41.7. The summed E-state index contributed by atoms with van der Waals surface area (Å²) in [7, 11) is 1.53. The van der Waals surface area contributed by atoms with Gasteiger partial charge in [0.2, 0.25) is 65.0 Å². The summed E-state index contributed by atoms with van der Waals surface area (Å²) in [4.78, 5) is 141. The first kappa shape index (κ1) is 86.8. The Bertz CT molecular complexity index is 2290. The van der Waals surface area contributed by atoms with Crippen LogP contribution in [0.3, 0.4) is 0 Å². The number of aliphatic hydroxyl groups excluding tert-OH is 9. The van der Waals surface area contributed by atoms with Crippen LogP contribution in [0.4, 0.5) is 0 Å². The predicted molar refractivity (Wildman–Crippen MR) is 342 cm³/mol. The summed E-state index contributed by atoms with van der Waals surface area (Å²) >= 11 is 0. The first-order valence-electron chi connectivity index (χ1n) is 33.4. The van der Waals surface area contributed by atoms with Gasteiger partial charge in [-0.25, -0.2) is 0 Å². The quantitative estimate of drug-likeness (QED) is 0.0252. The summed E-state index contributed by atoms with van der Waals surface area (Å²) < 4.78 is 38.4. The van der Waals surface area contributed by atoms with E-state index < -0.39 is 176 Å². The third-order valence-electron chi connectivity index (χ3n) is 16.1. The van der Waals surface area contributed by atoms with E-state index in [1.54, 1.807) is 0 Å². The van der Waals surface area contributed by atoms with Gasteiger partial charge in [-0.3, -0.25) is 52.7 Å². The number of nitrogens with one attached hydrogen (secondary N) is 11. The van der Waals surface area contributed by atoms with Crippen LogP contribution in [0.5, 0.6) is 0 Å². The zero-order valence-electron chi connectivity index (χ0n) is 56.7. The zero-order valence-corrected chi connectivity index (χ0v) is 56.7. The highest BCUT2D eigenvalue weighted by molar-refractivity contribution is 5.82. The van der Waals surface area contributed by atoms with Crippen molar-refractivity contribution in [2.75, 3.05) is 99.2 Å². The minimum Gasteiger partial charge on any atom is -0.394 e. The van der Waals surface area contributed by atoms with Gasteiger partial charge in [0, 0.05) is 118 Å². The standard InChI is InChI=1S/C61H107N11O27/c1-35(76)69-49-55(90)52(87)38(32-73)97-58(49)94-29-15-45(83)65-24-6-21-62-42(80)12-18-61(72-48(86)11-5-10-41(79)68-27-9-28-93-4,19-13-43(81)63-22-7-25-66-46(84)16-30-95-59-50(70-36(2)77)56(91)53(88)39(33-74)98-59)20-14-44(82)64-23-8-26-67-47(85)17-31-96-60-51(71-37(3)78)57(92)54(89)40(34-75)99-60/h38-40,49-60,73-75,87-92H,5-34H2,1-4H3,(H,62,80)(H,63,81)(H,64,82)(H,65,83)(H,66,84)(H,67,85)(H,68,79)(H,69,76)(H,70,77)(H,71,78)(H,72,86)/t38?,39?,40?,49?,50?,51?,52-,53-,54-,55+,56+,57+,58+,59+,60+,61?/m0/s1. The first-order valence-corrected chi connectivity index (χ1v) is 33.4. The van der Waals surface area contributed by atoms with Crippen molar-refractivity contribution in [2.24, 2.45) is 0 Å². The van der Waals surface area contributed by atoms with E-state index in [-0.39, 0.29) is 161 Å². The average molecular weight is 1430 g/mol. The summed E-state index contributed by atoms with van der Waals surface area (Å²) in [5.41, 5.74) is -1.39. The lowest BCUT2D eigenvalue weighted by Crippen LogP contribution is -2.64. The van der Waals surface area contributed by atoms with Gasteiger partial charge in [0.1, 0.15) is 73.1 Å². The SMILES string of the molecule is COCCCNC(=O)CCCC(=O)NC(CCC(=O)NCCCNC(=O)CCO[C@@H]1OC(CO)[C@H](O)[C@H](O)C1NC(C)=O)(CCC(=O)NCCCNC(=O)CCO[C@@H]1OC(CO)[C@H](O)[C@H](O)C1NC(C)=O)CCC(=O)NCCCNC(=O)CCO[C@@H]1OC(CO)[C@H](O)[C@H](O)C1NC(C)=O. The number of amides is 11. The smallest absolute Gasteiger partial charge is 0.222 e. The topological polar surface area (TPSA) is 567 Å². The number of carbonyl (C=O) groups is 11. The van der Waals surface area contributed by atoms with Crippen molar-refractivity contribution >= 4 is 65.0 Å². The highest BCUT2D eigenvalue weighted by Gasteiger charge is 2.48. The number of hydrogen-bond acceptors (Lipinski definition) is 27. The molecular formula is C61H107N11O27. The summed E-state index contributed by atoms with van der Waals surface area (Å²) in [6, 6.07) is -3.62. The second-order valence-electron chi connectivity index (χ2n) is 24.2. The van der Waals surface area contributed by atoms with E-state index in [0.29, 0.717) is 19.6 Å². The average Bonchev–Trinajstić information content (AvgIpc) is 0.826. The lowest BCUT2D eigenvalue weighted by molar-refractivity contribution is -0.270. The molecule has 0 aromatic rings. The van der Waals surface area contributed by atoms with Gasteiger partial charge in [-0.1, -0.05) is 0 Å². The molecule has 568 valence electrons. The molecule has 99 heavy (non-hydrogen) atoms. The first-order chi connectivity index (χ1) is 47.2. The van der Waals surface area contributed by atoms with E-state index in [4.69, 9.17) is 33.2 Å². The third kappa shape index (κ3) is 33.3. The number of aliphatic hydroxyl groups is 9. The summed E-state index contributed by atoms with van der Waals surface area (Å²) in [5.74, 6) is -5.37. The van der Waals surface area contributed by atoms with E-state index in [0.717, 1.165) is 0 Å². The number of rotatable bonds is 48. The molecule has 0 bridgehead atoms. The van der Waals surface area contributed by atoms with Gasteiger partial charge in [-0.2, -0.15) is 0 Å². The van der Waals surface area contributed by atoms with Crippen LogP contribution >= 0.6 is 0 Å². The fourth-order valence-electron chi connectivity index (χ4n) is 10.7. The fourth-order valence-corrected chi connectivity index (χ4v) is 10.7.